The highest BCUT2D eigenvalue weighted by molar-refractivity contribution is 6.40. The van der Waals surface area contributed by atoms with E-state index in [0.29, 0.717) is 11.3 Å². The van der Waals surface area contributed by atoms with Gasteiger partial charge in [-0.3, -0.25) is 14.9 Å². The van der Waals surface area contributed by atoms with Crippen LogP contribution < -0.4 is 10.6 Å². The summed E-state index contributed by atoms with van der Waals surface area (Å²) in [6.07, 6.45) is 0. The summed E-state index contributed by atoms with van der Waals surface area (Å²) >= 11 is 11.8. The number of urea groups is 1. The number of Topliss-reactive ketones (excluding diaryl/α,β-unsaturated/α-hetero) is 1. The van der Waals surface area contributed by atoms with Crippen molar-refractivity contribution in [1.29, 1.82) is 0 Å². The van der Waals surface area contributed by atoms with Crippen molar-refractivity contribution in [3.8, 4) is 0 Å². The van der Waals surface area contributed by atoms with Crippen LogP contribution in [0.4, 0.5) is 10.5 Å². The molecule has 0 aliphatic rings. The van der Waals surface area contributed by atoms with Gasteiger partial charge in [0.05, 0.1) is 15.6 Å². The smallest absolute Gasteiger partial charge is 0.308 e. The fraction of sp³-hybridized carbons (Fsp3) is 0.0625. The fourth-order valence-electron chi connectivity index (χ4n) is 1.86. The quantitative estimate of drug-likeness (QED) is 0.816. The Kier molecular flexibility index (Phi) is 5.36. The molecule has 5 nitrogen and oxygen atoms in total. The third-order valence-corrected chi connectivity index (χ3v) is 3.57. The first-order valence-electron chi connectivity index (χ1n) is 6.56. The van der Waals surface area contributed by atoms with Gasteiger partial charge in [-0.15, -0.1) is 0 Å². The van der Waals surface area contributed by atoms with Gasteiger partial charge in [0.25, 0.3) is 5.91 Å². The Bertz CT molecular complexity index is 770. The van der Waals surface area contributed by atoms with E-state index in [1.54, 1.807) is 24.3 Å². The molecule has 2 N–H and O–H groups in total. The predicted molar refractivity (Wildman–Crippen MR) is 89.4 cm³/mol. The van der Waals surface area contributed by atoms with Gasteiger partial charge < -0.3 is 5.32 Å². The van der Waals surface area contributed by atoms with Crippen molar-refractivity contribution in [3.63, 3.8) is 0 Å². The lowest BCUT2D eigenvalue weighted by atomic mass is 10.1. The third-order valence-electron chi connectivity index (χ3n) is 2.94. The Morgan fingerprint density at radius 1 is 0.957 bits per heavy atom. The maximum Gasteiger partial charge on any atom is 0.326 e. The van der Waals surface area contributed by atoms with Gasteiger partial charge in [0, 0.05) is 11.3 Å². The second-order valence-corrected chi connectivity index (χ2v) is 5.46. The number of anilines is 1. The first kappa shape index (κ1) is 17.0. The van der Waals surface area contributed by atoms with Crippen LogP contribution in [0, 0.1) is 0 Å². The zero-order valence-corrected chi connectivity index (χ0v) is 13.5. The van der Waals surface area contributed by atoms with Crippen LogP contribution in [-0.4, -0.2) is 17.7 Å². The van der Waals surface area contributed by atoms with Crippen LogP contribution in [0.2, 0.25) is 10.0 Å². The number of halogens is 2. The molecule has 2 rings (SSSR count). The highest BCUT2D eigenvalue weighted by atomic mass is 35.5. The molecular formula is C16H12Cl2N2O3. The van der Waals surface area contributed by atoms with Crippen LogP contribution in [0.25, 0.3) is 0 Å². The van der Waals surface area contributed by atoms with Crippen LogP contribution >= 0.6 is 23.2 Å². The van der Waals surface area contributed by atoms with Gasteiger partial charge in [0.1, 0.15) is 0 Å². The first-order valence-corrected chi connectivity index (χ1v) is 7.31. The molecule has 0 aliphatic heterocycles. The SMILES string of the molecule is CC(=O)c1cccc(NC(=O)NC(=O)c2c(Cl)cccc2Cl)c1. The number of imide groups is 1. The number of amides is 3. The van der Waals surface area contributed by atoms with Crippen molar-refractivity contribution in [2.45, 2.75) is 6.92 Å². The number of hydrogen-bond acceptors (Lipinski definition) is 3. The normalized spacial score (nSPS) is 10.0. The Morgan fingerprint density at radius 3 is 2.17 bits per heavy atom. The summed E-state index contributed by atoms with van der Waals surface area (Å²) in [7, 11) is 0. The van der Waals surface area contributed by atoms with Crippen molar-refractivity contribution in [1.82, 2.24) is 5.32 Å². The molecule has 0 aromatic heterocycles. The molecule has 0 aliphatic carbocycles. The molecule has 0 saturated heterocycles. The van der Waals surface area contributed by atoms with Crippen LogP contribution in [0.3, 0.4) is 0 Å². The largest absolute Gasteiger partial charge is 0.326 e. The Hall–Kier alpha value is -2.37. The molecule has 3 amide bonds. The standard InChI is InChI=1S/C16H12Cl2N2O3/c1-9(21)10-4-2-5-11(8-10)19-16(23)20-15(22)14-12(17)6-3-7-13(14)18/h2-8H,1H3,(H2,19,20,22,23). The Balaban J connectivity index is 2.09. The van der Waals surface area contributed by atoms with Gasteiger partial charge in [0.2, 0.25) is 0 Å². The number of benzene rings is 2. The Morgan fingerprint density at radius 2 is 1.57 bits per heavy atom. The van der Waals surface area contributed by atoms with E-state index in [0.717, 1.165) is 0 Å². The number of carbonyl (C=O) groups excluding carboxylic acids is 3. The van der Waals surface area contributed by atoms with E-state index in [1.165, 1.54) is 25.1 Å². The molecule has 23 heavy (non-hydrogen) atoms. The lowest BCUT2D eigenvalue weighted by Gasteiger charge is -2.09. The van der Waals surface area contributed by atoms with Crippen LogP contribution in [0.1, 0.15) is 27.6 Å². The van der Waals surface area contributed by atoms with Crippen molar-refractivity contribution in [3.05, 3.63) is 63.6 Å². The summed E-state index contributed by atoms with van der Waals surface area (Å²) in [6.45, 7) is 1.42. The monoisotopic (exact) mass is 350 g/mol. The molecule has 0 heterocycles. The van der Waals surface area contributed by atoms with Crippen LogP contribution in [0.5, 0.6) is 0 Å². The maximum atomic E-state index is 12.1. The van der Waals surface area contributed by atoms with E-state index in [1.807, 2.05) is 0 Å². The van der Waals surface area contributed by atoms with Gasteiger partial charge in [-0.1, -0.05) is 41.4 Å². The van der Waals surface area contributed by atoms with Gasteiger partial charge in [-0.2, -0.15) is 0 Å². The van der Waals surface area contributed by atoms with Gasteiger partial charge in [0.15, 0.2) is 5.78 Å². The minimum atomic E-state index is -0.758. The minimum absolute atomic E-state index is 0.0171. The average Bonchev–Trinajstić information content (AvgIpc) is 2.47. The zero-order chi connectivity index (χ0) is 17.0. The molecule has 0 atom stereocenters. The average molecular weight is 351 g/mol. The summed E-state index contributed by atoms with van der Waals surface area (Å²) < 4.78 is 0. The van der Waals surface area contributed by atoms with E-state index in [2.05, 4.69) is 10.6 Å². The molecule has 0 bridgehead atoms. The molecule has 2 aromatic rings. The zero-order valence-electron chi connectivity index (χ0n) is 12.0. The maximum absolute atomic E-state index is 12.1. The molecule has 2 aromatic carbocycles. The fourth-order valence-corrected chi connectivity index (χ4v) is 2.43. The van der Waals surface area contributed by atoms with Crippen molar-refractivity contribution < 1.29 is 14.4 Å². The molecule has 0 fully saturated rings. The molecule has 0 radical (unpaired) electrons. The van der Waals surface area contributed by atoms with Gasteiger partial charge >= 0.3 is 6.03 Å². The second kappa shape index (κ2) is 7.26. The summed E-state index contributed by atoms with van der Waals surface area (Å²) in [6, 6.07) is 10.2. The van der Waals surface area contributed by atoms with Gasteiger partial charge in [-0.05, 0) is 31.2 Å². The second-order valence-electron chi connectivity index (χ2n) is 4.64. The molecule has 0 saturated carbocycles. The number of hydrogen-bond donors (Lipinski definition) is 2. The summed E-state index contributed by atoms with van der Waals surface area (Å²) in [5, 5.41) is 4.88. The van der Waals surface area contributed by atoms with E-state index in [9.17, 15) is 14.4 Å². The highest BCUT2D eigenvalue weighted by Crippen LogP contribution is 2.24. The Labute approximate surface area is 142 Å². The third kappa shape index (κ3) is 4.31. The van der Waals surface area contributed by atoms with Crippen LogP contribution in [-0.2, 0) is 0 Å². The van der Waals surface area contributed by atoms with Crippen LogP contribution in [0.15, 0.2) is 42.5 Å². The summed E-state index contributed by atoms with van der Waals surface area (Å²) in [5.41, 5.74) is 0.847. The predicted octanol–water partition coefficient (Wildman–Crippen LogP) is 4.16. The molecule has 0 spiro atoms. The minimum Gasteiger partial charge on any atom is -0.308 e. The van der Waals surface area contributed by atoms with E-state index in [4.69, 9.17) is 23.2 Å². The van der Waals surface area contributed by atoms with Gasteiger partial charge in [-0.25, -0.2) is 4.79 Å². The number of carbonyl (C=O) groups is 3. The molecule has 0 unspecified atom stereocenters. The van der Waals surface area contributed by atoms with Crippen molar-refractivity contribution in [2.75, 3.05) is 5.32 Å². The molecule has 7 heteroatoms. The van der Waals surface area contributed by atoms with Crippen molar-refractivity contribution >= 4 is 46.6 Å². The van der Waals surface area contributed by atoms with E-state index < -0.39 is 11.9 Å². The number of ketones is 1. The lowest BCUT2D eigenvalue weighted by Crippen LogP contribution is -2.34. The number of nitrogens with one attached hydrogen (secondary N) is 2. The summed E-state index contributed by atoms with van der Waals surface area (Å²) in [5.74, 6) is -0.853. The van der Waals surface area contributed by atoms with Crippen molar-refractivity contribution in [2.24, 2.45) is 0 Å². The van der Waals surface area contributed by atoms with E-state index in [-0.39, 0.29) is 21.4 Å². The first-order chi connectivity index (χ1) is 10.9. The van der Waals surface area contributed by atoms with E-state index >= 15 is 0 Å². The highest BCUT2D eigenvalue weighted by Gasteiger charge is 2.17. The topological polar surface area (TPSA) is 75.3 Å². The molecule has 118 valence electrons. The molecular weight excluding hydrogens is 339 g/mol. The number of rotatable bonds is 3. The lowest BCUT2D eigenvalue weighted by molar-refractivity contribution is 0.0965. The summed E-state index contributed by atoms with van der Waals surface area (Å²) in [4.78, 5) is 35.3.